The van der Waals surface area contributed by atoms with E-state index >= 15 is 0 Å². The van der Waals surface area contributed by atoms with Gasteiger partial charge in [0.2, 0.25) is 0 Å². The first-order valence-electron chi connectivity index (χ1n) is 13.4. The van der Waals surface area contributed by atoms with Crippen LogP contribution >= 0.6 is 0 Å². The summed E-state index contributed by atoms with van der Waals surface area (Å²) in [5.74, 6) is 2.12. The van der Waals surface area contributed by atoms with Gasteiger partial charge in [0.15, 0.2) is 5.75 Å². The Bertz CT molecular complexity index is 1400. The standard InChI is InChI=1S/C28H34N8O2/c1-19-27(20(2)36-28(29-19)30-21(3)33-36)38-25-11-13-35(18-25)24-8-5-22(6-9-24)26-10-7-23(31-32-26)17-34-12-4-15-37-16-14-34/h5-10,25H,4,11-18H2,1-3H3. The molecule has 6 rings (SSSR count). The van der Waals surface area contributed by atoms with Crippen LogP contribution in [0.15, 0.2) is 36.4 Å². The van der Waals surface area contributed by atoms with Gasteiger partial charge >= 0.3 is 0 Å². The van der Waals surface area contributed by atoms with Crippen LogP contribution in [-0.2, 0) is 11.3 Å². The van der Waals surface area contributed by atoms with E-state index in [1.807, 2.05) is 20.8 Å². The van der Waals surface area contributed by atoms with Crippen molar-refractivity contribution in [3.8, 4) is 17.0 Å². The van der Waals surface area contributed by atoms with Crippen LogP contribution in [0.5, 0.6) is 5.75 Å². The number of anilines is 1. The smallest absolute Gasteiger partial charge is 0.253 e. The van der Waals surface area contributed by atoms with Gasteiger partial charge < -0.3 is 14.4 Å². The van der Waals surface area contributed by atoms with E-state index in [1.54, 1.807) is 4.52 Å². The van der Waals surface area contributed by atoms with Crippen molar-refractivity contribution in [2.24, 2.45) is 0 Å². The summed E-state index contributed by atoms with van der Waals surface area (Å²) in [4.78, 5) is 13.7. The minimum Gasteiger partial charge on any atom is -0.485 e. The third-order valence-electron chi connectivity index (χ3n) is 7.32. The molecule has 198 valence electrons. The molecule has 1 aromatic carbocycles. The lowest BCUT2D eigenvalue weighted by atomic mass is 10.1. The molecule has 0 saturated carbocycles. The first-order valence-corrected chi connectivity index (χ1v) is 13.4. The first-order chi connectivity index (χ1) is 18.5. The highest BCUT2D eigenvalue weighted by atomic mass is 16.5. The molecule has 4 aromatic rings. The van der Waals surface area contributed by atoms with E-state index in [2.05, 4.69) is 71.5 Å². The number of benzene rings is 1. The molecule has 0 spiro atoms. The number of nitrogens with zero attached hydrogens (tertiary/aromatic N) is 8. The maximum absolute atomic E-state index is 6.45. The molecule has 0 bridgehead atoms. The average Bonchev–Trinajstić information content (AvgIpc) is 3.46. The van der Waals surface area contributed by atoms with E-state index in [9.17, 15) is 0 Å². The van der Waals surface area contributed by atoms with Gasteiger partial charge in [-0.2, -0.15) is 19.7 Å². The molecule has 3 aromatic heterocycles. The third kappa shape index (κ3) is 5.19. The molecular formula is C28H34N8O2. The Morgan fingerprint density at radius 2 is 1.82 bits per heavy atom. The molecule has 2 aliphatic rings. The third-order valence-corrected chi connectivity index (χ3v) is 7.32. The Labute approximate surface area is 222 Å². The second kappa shape index (κ2) is 10.6. The zero-order valence-corrected chi connectivity index (χ0v) is 22.3. The van der Waals surface area contributed by atoms with Crippen LogP contribution < -0.4 is 9.64 Å². The Morgan fingerprint density at radius 3 is 2.63 bits per heavy atom. The van der Waals surface area contributed by atoms with Crippen molar-refractivity contribution in [1.29, 1.82) is 0 Å². The average molecular weight is 515 g/mol. The van der Waals surface area contributed by atoms with Gasteiger partial charge in [-0.25, -0.2) is 4.98 Å². The molecule has 38 heavy (non-hydrogen) atoms. The van der Waals surface area contributed by atoms with Gasteiger partial charge in [-0.05, 0) is 51.5 Å². The van der Waals surface area contributed by atoms with Crippen molar-refractivity contribution in [3.63, 3.8) is 0 Å². The van der Waals surface area contributed by atoms with Gasteiger partial charge in [0, 0.05) is 50.5 Å². The first kappa shape index (κ1) is 24.7. The molecule has 1 unspecified atom stereocenters. The number of hydrogen-bond acceptors (Lipinski definition) is 9. The predicted molar refractivity (Wildman–Crippen MR) is 144 cm³/mol. The van der Waals surface area contributed by atoms with Crippen LogP contribution in [0.3, 0.4) is 0 Å². The highest BCUT2D eigenvalue weighted by Crippen LogP contribution is 2.29. The van der Waals surface area contributed by atoms with Gasteiger partial charge in [0.1, 0.15) is 11.9 Å². The molecule has 0 N–H and O–H groups in total. The largest absolute Gasteiger partial charge is 0.485 e. The Kier molecular flexibility index (Phi) is 6.90. The van der Waals surface area contributed by atoms with Crippen LogP contribution in [-0.4, -0.2) is 80.2 Å². The Morgan fingerprint density at radius 1 is 0.947 bits per heavy atom. The second-order valence-electron chi connectivity index (χ2n) is 10.2. The summed E-state index contributed by atoms with van der Waals surface area (Å²) in [7, 11) is 0. The summed E-state index contributed by atoms with van der Waals surface area (Å²) < 4.78 is 13.8. The van der Waals surface area contributed by atoms with E-state index in [1.165, 1.54) is 5.69 Å². The maximum atomic E-state index is 6.45. The molecular weight excluding hydrogens is 480 g/mol. The fourth-order valence-corrected chi connectivity index (χ4v) is 5.28. The second-order valence-corrected chi connectivity index (χ2v) is 10.2. The minimum absolute atomic E-state index is 0.0881. The number of aryl methyl sites for hydroxylation is 3. The van der Waals surface area contributed by atoms with Crippen LogP contribution in [0.1, 0.15) is 35.7 Å². The lowest BCUT2D eigenvalue weighted by Crippen LogP contribution is -2.26. The quantitative estimate of drug-likeness (QED) is 0.384. The van der Waals surface area contributed by atoms with Gasteiger partial charge in [0.05, 0.1) is 35.9 Å². The number of hydrogen-bond donors (Lipinski definition) is 0. The Hall–Kier alpha value is -3.63. The van der Waals surface area contributed by atoms with E-state index in [-0.39, 0.29) is 6.10 Å². The molecule has 2 saturated heterocycles. The van der Waals surface area contributed by atoms with Crippen molar-refractivity contribution in [2.75, 3.05) is 44.3 Å². The van der Waals surface area contributed by atoms with Crippen LogP contribution in [0.4, 0.5) is 5.69 Å². The summed E-state index contributed by atoms with van der Waals surface area (Å²) in [5.41, 5.74) is 5.91. The molecule has 2 aliphatic heterocycles. The lowest BCUT2D eigenvalue weighted by Gasteiger charge is -2.20. The van der Waals surface area contributed by atoms with E-state index in [0.717, 1.165) is 92.9 Å². The van der Waals surface area contributed by atoms with Crippen molar-refractivity contribution in [3.05, 3.63) is 59.3 Å². The summed E-state index contributed by atoms with van der Waals surface area (Å²) in [6.07, 6.45) is 2.10. The zero-order chi connectivity index (χ0) is 26.1. The molecule has 10 heteroatoms. The zero-order valence-electron chi connectivity index (χ0n) is 22.3. The van der Waals surface area contributed by atoms with Crippen LogP contribution in [0.2, 0.25) is 0 Å². The van der Waals surface area contributed by atoms with Crippen molar-refractivity contribution < 1.29 is 9.47 Å². The normalized spacial score (nSPS) is 18.7. The SMILES string of the molecule is Cc1nc2nc(C)c(OC3CCN(c4ccc(-c5ccc(CN6CCCOCC6)nn5)cc4)C3)c(C)n2n1. The molecule has 1 atom stereocenters. The van der Waals surface area contributed by atoms with Gasteiger partial charge in [-0.1, -0.05) is 12.1 Å². The number of fused-ring (bicyclic) bond motifs is 1. The summed E-state index contributed by atoms with van der Waals surface area (Å²) >= 11 is 0. The molecule has 2 fully saturated rings. The fourth-order valence-electron chi connectivity index (χ4n) is 5.28. The van der Waals surface area contributed by atoms with Gasteiger partial charge in [-0.3, -0.25) is 4.90 Å². The molecule has 10 nitrogen and oxygen atoms in total. The van der Waals surface area contributed by atoms with E-state index < -0.39 is 0 Å². The highest BCUT2D eigenvalue weighted by molar-refractivity contribution is 5.63. The van der Waals surface area contributed by atoms with Gasteiger partial charge in [0.25, 0.3) is 5.78 Å². The van der Waals surface area contributed by atoms with Crippen LogP contribution in [0.25, 0.3) is 17.0 Å². The van der Waals surface area contributed by atoms with Crippen molar-refractivity contribution >= 4 is 11.5 Å². The lowest BCUT2D eigenvalue weighted by molar-refractivity contribution is 0.140. The predicted octanol–water partition coefficient (Wildman–Crippen LogP) is 3.39. The summed E-state index contributed by atoms with van der Waals surface area (Å²) in [6, 6.07) is 12.7. The van der Waals surface area contributed by atoms with E-state index in [0.29, 0.717) is 11.6 Å². The number of aromatic nitrogens is 6. The van der Waals surface area contributed by atoms with E-state index in [4.69, 9.17) is 9.47 Å². The van der Waals surface area contributed by atoms with Crippen molar-refractivity contribution in [1.82, 2.24) is 34.7 Å². The minimum atomic E-state index is 0.0881. The molecule has 0 aliphatic carbocycles. The molecule has 0 amide bonds. The summed E-state index contributed by atoms with van der Waals surface area (Å²) in [5, 5.41) is 13.4. The van der Waals surface area contributed by atoms with Crippen LogP contribution in [0, 0.1) is 20.8 Å². The number of ether oxygens (including phenoxy) is 2. The topological polar surface area (TPSA) is 93.8 Å². The maximum Gasteiger partial charge on any atom is 0.253 e. The molecule has 5 heterocycles. The Balaban J connectivity index is 1.08. The van der Waals surface area contributed by atoms with Crippen molar-refractivity contribution in [2.45, 2.75) is 46.3 Å². The highest BCUT2D eigenvalue weighted by Gasteiger charge is 2.26. The molecule has 0 radical (unpaired) electrons. The monoisotopic (exact) mass is 514 g/mol. The van der Waals surface area contributed by atoms with Gasteiger partial charge in [-0.15, -0.1) is 5.10 Å². The summed E-state index contributed by atoms with van der Waals surface area (Å²) in [6.45, 7) is 12.1. The number of rotatable bonds is 6. The fraction of sp³-hybridized carbons (Fsp3) is 0.464.